The lowest BCUT2D eigenvalue weighted by atomic mass is 9.91. The Bertz CT molecular complexity index is 750. The number of nitrogens with zero attached hydrogens (tertiary/aromatic N) is 2. The Morgan fingerprint density at radius 2 is 2.07 bits per heavy atom. The lowest BCUT2D eigenvalue weighted by Gasteiger charge is -2.43. The van der Waals surface area contributed by atoms with Crippen LogP contribution in [0.4, 0.5) is 5.69 Å². The number of likely N-dealkylation sites (tertiary alicyclic amines) is 1. The maximum Gasteiger partial charge on any atom is 0.253 e. The summed E-state index contributed by atoms with van der Waals surface area (Å²) in [5.41, 5.74) is 0.830. The van der Waals surface area contributed by atoms with Crippen LogP contribution < -0.4 is 9.64 Å². The molecule has 0 aliphatic carbocycles. The Morgan fingerprint density at radius 1 is 1.25 bits per heavy atom. The van der Waals surface area contributed by atoms with Crippen LogP contribution in [0.25, 0.3) is 0 Å². The zero-order chi connectivity index (χ0) is 19.9. The normalized spacial score (nSPS) is 20.1. The molecule has 152 valence electrons. The van der Waals surface area contributed by atoms with E-state index in [1.165, 1.54) is 4.88 Å². The van der Waals surface area contributed by atoms with E-state index >= 15 is 0 Å². The number of amides is 1. The van der Waals surface area contributed by atoms with E-state index in [0.717, 1.165) is 43.9 Å². The van der Waals surface area contributed by atoms with E-state index < -0.39 is 0 Å². The van der Waals surface area contributed by atoms with Gasteiger partial charge in [-0.05, 0) is 42.3 Å². The molecule has 2 heterocycles. The molecule has 2 aromatic rings. The lowest BCUT2D eigenvalue weighted by molar-refractivity contribution is -0.123. The van der Waals surface area contributed by atoms with Crippen LogP contribution in [0.15, 0.2) is 41.8 Å². The smallest absolute Gasteiger partial charge is 0.253 e. The van der Waals surface area contributed by atoms with Gasteiger partial charge in [0.2, 0.25) is 0 Å². The van der Waals surface area contributed by atoms with Crippen LogP contribution in [0.1, 0.15) is 18.2 Å². The SMILES string of the molecule is COCC(=O)N(c1ccccc1OC)C1CCN(CCc2cccs2)CC1C. The predicted molar refractivity (Wildman–Crippen MR) is 114 cm³/mol. The molecule has 0 radical (unpaired) electrons. The number of hydrogen-bond acceptors (Lipinski definition) is 5. The highest BCUT2D eigenvalue weighted by Gasteiger charge is 2.35. The summed E-state index contributed by atoms with van der Waals surface area (Å²) in [6.45, 7) is 5.36. The van der Waals surface area contributed by atoms with E-state index in [9.17, 15) is 4.79 Å². The van der Waals surface area contributed by atoms with Gasteiger partial charge in [0, 0.05) is 37.7 Å². The molecule has 5 nitrogen and oxygen atoms in total. The standard InChI is InChI=1S/C22H30N2O3S/c1-17-15-23(12-10-18-7-6-14-28-18)13-11-19(17)24(22(25)16-26-2)20-8-4-5-9-21(20)27-3/h4-9,14,17,19H,10-13,15-16H2,1-3H3. The van der Waals surface area contributed by atoms with Crippen molar-refractivity contribution in [1.82, 2.24) is 4.90 Å². The molecule has 0 saturated carbocycles. The Labute approximate surface area is 171 Å². The van der Waals surface area contributed by atoms with Crippen LogP contribution in [-0.2, 0) is 16.0 Å². The zero-order valence-electron chi connectivity index (χ0n) is 17.0. The molecule has 1 fully saturated rings. The summed E-state index contributed by atoms with van der Waals surface area (Å²) in [6, 6.07) is 12.2. The minimum Gasteiger partial charge on any atom is -0.495 e. The number of benzene rings is 1. The summed E-state index contributed by atoms with van der Waals surface area (Å²) in [7, 11) is 3.21. The summed E-state index contributed by atoms with van der Waals surface area (Å²) in [6.07, 6.45) is 2.03. The van der Waals surface area contributed by atoms with Gasteiger partial charge in [0.15, 0.2) is 0 Å². The fourth-order valence-corrected chi connectivity index (χ4v) is 4.75. The van der Waals surface area contributed by atoms with Gasteiger partial charge in [0.25, 0.3) is 5.91 Å². The number of hydrogen-bond donors (Lipinski definition) is 0. The Kier molecular flexibility index (Phi) is 7.48. The molecule has 2 unspecified atom stereocenters. The van der Waals surface area contributed by atoms with Crippen molar-refractivity contribution in [2.45, 2.75) is 25.8 Å². The average molecular weight is 403 g/mol. The highest BCUT2D eigenvalue weighted by molar-refractivity contribution is 7.09. The van der Waals surface area contributed by atoms with Crippen LogP contribution in [-0.4, -0.2) is 57.3 Å². The van der Waals surface area contributed by atoms with Gasteiger partial charge in [0.05, 0.1) is 12.8 Å². The molecule has 1 aromatic carbocycles. The summed E-state index contributed by atoms with van der Waals surface area (Å²) < 4.78 is 10.7. The van der Waals surface area contributed by atoms with Crippen LogP contribution in [0.3, 0.4) is 0 Å². The minimum atomic E-state index is -0.0177. The molecule has 6 heteroatoms. The highest BCUT2D eigenvalue weighted by atomic mass is 32.1. The summed E-state index contributed by atoms with van der Waals surface area (Å²) in [4.78, 5) is 18.8. The third-order valence-corrected chi connectivity index (χ3v) is 6.35. The van der Waals surface area contributed by atoms with E-state index in [1.54, 1.807) is 14.2 Å². The van der Waals surface area contributed by atoms with Crippen molar-refractivity contribution in [2.75, 3.05) is 45.4 Å². The van der Waals surface area contributed by atoms with Gasteiger partial charge in [-0.15, -0.1) is 11.3 Å². The average Bonchev–Trinajstić information content (AvgIpc) is 3.22. The molecule has 28 heavy (non-hydrogen) atoms. The monoisotopic (exact) mass is 402 g/mol. The molecule has 2 atom stereocenters. The third-order valence-electron chi connectivity index (χ3n) is 5.41. The summed E-state index contributed by atoms with van der Waals surface area (Å²) in [5.74, 6) is 1.07. The molecular weight excluding hydrogens is 372 g/mol. The fourth-order valence-electron chi connectivity index (χ4n) is 4.05. The van der Waals surface area contributed by atoms with Crippen molar-refractivity contribution < 1.29 is 14.3 Å². The number of rotatable bonds is 8. The Morgan fingerprint density at radius 3 is 2.75 bits per heavy atom. The summed E-state index contributed by atoms with van der Waals surface area (Å²) >= 11 is 1.82. The number of anilines is 1. The van der Waals surface area contributed by atoms with Gasteiger partial charge >= 0.3 is 0 Å². The maximum atomic E-state index is 13.0. The van der Waals surface area contributed by atoms with Crippen molar-refractivity contribution in [2.24, 2.45) is 5.92 Å². The number of methoxy groups -OCH3 is 2. The van der Waals surface area contributed by atoms with Crippen molar-refractivity contribution in [3.63, 3.8) is 0 Å². The number of ether oxygens (including phenoxy) is 2. The first-order valence-corrected chi connectivity index (χ1v) is 10.7. The van der Waals surface area contributed by atoms with Crippen molar-refractivity contribution in [3.05, 3.63) is 46.7 Å². The molecule has 1 aliphatic rings. The van der Waals surface area contributed by atoms with Gasteiger partial charge in [0.1, 0.15) is 12.4 Å². The molecule has 1 saturated heterocycles. The minimum absolute atomic E-state index is 0.0177. The largest absolute Gasteiger partial charge is 0.495 e. The zero-order valence-corrected chi connectivity index (χ0v) is 17.8. The quantitative estimate of drug-likeness (QED) is 0.675. The number of para-hydroxylation sites is 2. The maximum absolute atomic E-state index is 13.0. The van der Waals surface area contributed by atoms with Gasteiger partial charge in [-0.25, -0.2) is 0 Å². The van der Waals surface area contributed by atoms with Crippen LogP contribution in [0, 0.1) is 5.92 Å². The van der Waals surface area contributed by atoms with E-state index in [-0.39, 0.29) is 18.6 Å². The molecule has 3 rings (SSSR count). The number of thiophene rings is 1. The summed E-state index contributed by atoms with van der Waals surface area (Å²) in [5, 5.41) is 2.14. The van der Waals surface area contributed by atoms with E-state index in [1.807, 2.05) is 40.5 Å². The highest BCUT2D eigenvalue weighted by Crippen LogP contribution is 2.34. The molecule has 1 aromatic heterocycles. The van der Waals surface area contributed by atoms with Crippen molar-refractivity contribution >= 4 is 22.9 Å². The molecule has 0 N–H and O–H groups in total. The Hall–Kier alpha value is -1.89. The molecular formula is C22H30N2O3S. The van der Waals surface area contributed by atoms with E-state index in [2.05, 4.69) is 29.3 Å². The second-order valence-corrected chi connectivity index (χ2v) is 8.36. The van der Waals surface area contributed by atoms with Crippen molar-refractivity contribution in [3.8, 4) is 5.75 Å². The molecule has 0 bridgehead atoms. The second kappa shape index (κ2) is 10.0. The number of piperidine rings is 1. The van der Waals surface area contributed by atoms with Gasteiger partial charge in [-0.3, -0.25) is 4.79 Å². The fraction of sp³-hybridized carbons (Fsp3) is 0.500. The lowest BCUT2D eigenvalue weighted by Crippen LogP contribution is -2.53. The number of carbonyl (C=O) groups is 1. The second-order valence-electron chi connectivity index (χ2n) is 7.33. The Balaban J connectivity index is 1.73. The van der Waals surface area contributed by atoms with Crippen LogP contribution >= 0.6 is 11.3 Å². The molecule has 1 amide bonds. The first-order chi connectivity index (χ1) is 13.6. The molecule has 0 spiro atoms. The predicted octanol–water partition coefficient (Wildman–Crippen LogP) is 3.69. The van der Waals surface area contributed by atoms with Gasteiger partial charge < -0.3 is 19.3 Å². The van der Waals surface area contributed by atoms with Gasteiger partial charge in [-0.1, -0.05) is 25.1 Å². The topological polar surface area (TPSA) is 42.0 Å². The third kappa shape index (κ3) is 4.93. The first-order valence-electron chi connectivity index (χ1n) is 9.82. The number of carbonyl (C=O) groups excluding carboxylic acids is 1. The van der Waals surface area contributed by atoms with E-state index in [4.69, 9.17) is 9.47 Å². The van der Waals surface area contributed by atoms with Gasteiger partial charge in [-0.2, -0.15) is 0 Å². The van der Waals surface area contributed by atoms with Crippen LogP contribution in [0.5, 0.6) is 5.75 Å². The first kappa shape index (κ1) is 20.8. The van der Waals surface area contributed by atoms with Crippen molar-refractivity contribution in [1.29, 1.82) is 0 Å². The van der Waals surface area contributed by atoms with E-state index in [0.29, 0.717) is 5.92 Å². The molecule has 1 aliphatic heterocycles. The van der Waals surface area contributed by atoms with Crippen LogP contribution in [0.2, 0.25) is 0 Å².